The van der Waals surface area contributed by atoms with Crippen molar-refractivity contribution in [3.63, 3.8) is 0 Å². The molecule has 10 heteroatoms. The van der Waals surface area contributed by atoms with Gasteiger partial charge in [-0.3, -0.25) is 14.4 Å². The molecular formula is C22H21ClN2O6S. The number of nitro groups is 1. The lowest BCUT2D eigenvalue weighted by molar-refractivity contribution is -0.384. The molecule has 0 spiro atoms. The third-order valence-electron chi connectivity index (χ3n) is 4.91. The van der Waals surface area contributed by atoms with Gasteiger partial charge in [0.2, 0.25) is 0 Å². The molecule has 32 heavy (non-hydrogen) atoms. The number of methoxy groups -OCH3 is 2. The number of nitro benzene ring substituents is 1. The maximum atomic E-state index is 13.7. The quantitative estimate of drug-likeness (QED) is 0.326. The normalized spacial score (nSPS) is 12.1. The van der Waals surface area contributed by atoms with Gasteiger partial charge >= 0.3 is 0 Å². The van der Waals surface area contributed by atoms with Crippen LogP contribution in [0.4, 0.5) is 11.4 Å². The van der Waals surface area contributed by atoms with Crippen molar-refractivity contribution in [2.24, 2.45) is 0 Å². The van der Waals surface area contributed by atoms with Crippen LogP contribution in [0, 0.1) is 10.1 Å². The van der Waals surface area contributed by atoms with Crippen LogP contribution in [-0.4, -0.2) is 27.6 Å². The fourth-order valence-electron chi connectivity index (χ4n) is 3.29. The fourth-order valence-corrected chi connectivity index (χ4v) is 5.12. The monoisotopic (exact) mass is 476 g/mol. The van der Waals surface area contributed by atoms with E-state index < -0.39 is 21.0 Å². The van der Waals surface area contributed by atoms with Gasteiger partial charge in [0.15, 0.2) is 11.5 Å². The van der Waals surface area contributed by atoms with Crippen molar-refractivity contribution in [1.82, 2.24) is 0 Å². The highest BCUT2D eigenvalue weighted by Crippen LogP contribution is 2.38. The zero-order valence-electron chi connectivity index (χ0n) is 17.6. The highest BCUT2D eigenvalue weighted by atomic mass is 35.5. The highest BCUT2D eigenvalue weighted by Gasteiger charge is 2.31. The lowest BCUT2D eigenvalue weighted by Gasteiger charge is -2.31. The second-order valence-electron chi connectivity index (χ2n) is 6.82. The van der Waals surface area contributed by atoms with Crippen LogP contribution in [0.25, 0.3) is 0 Å². The molecule has 1 atom stereocenters. The van der Waals surface area contributed by atoms with E-state index in [1.807, 2.05) is 0 Å². The van der Waals surface area contributed by atoms with E-state index in [0.717, 1.165) is 12.1 Å². The molecule has 0 fully saturated rings. The van der Waals surface area contributed by atoms with Crippen LogP contribution in [-0.2, 0) is 10.0 Å². The van der Waals surface area contributed by atoms with Crippen molar-refractivity contribution in [1.29, 1.82) is 0 Å². The average Bonchev–Trinajstić information content (AvgIpc) is 2.78. The van der Waals surface area contributed by atoms with Gasteiger partial charge < -0.3 is 9.47 Å². The van der Waals surface area contributed by atoms with Crippen LogP contribution in [0.5, 0.6) is 11.5 Å². The summed E-state index contributed by atoms with van der Waals surface area (Å²) in [6.07, 6.45) is 0. The molecule has 0 aliphatic heterocycles. The molecule has 0 aliphatic carbocycles. The van der Waals surface area contributed by atoms with Crippen molar-refractivity contribution in [3.05, 3.63) is 87.4 Å². The van der Waals surface area contributed by atoms with Gasteiger partial charge in [-0.25, -0.2) is 8.42 Å². The predicted molar refractivity (Wildman–Crippen MR) is 122 cm³/mol. The van der Waals surface area contributed by atoms with E-state index in [4.69, 9.17) is 21.1 Å². The first-order valence-corrected chi connectivity index (χ1v) is 11.3. The molecule has 0 bridgehead atoms. The van der Waals surface area contributed by atoms with Gasteiger partial charge in [-0.05, 0) is 48.9 Å². The summed E-state index contributed by atoms with van der Waals surface area (Å²) in [4.78, 5) is 10.3. The summed E-state index contributed by atoms with van der Waals surface area (Å²) in [6, 6.07) is 15.7. The fraction of sp³-hybridized carbons (Fsp3) is 0.182. The molecule has 0 saturated heterocycles. The Kier molecular flexibility index (Phi) is 6.90. The molecule has 0 heterocycles. The van der Waals surface area contributed by atoms with E-state index in [-0.39, 0.29) is 10.6 Å². The maximum Gasteiger partial charge on any atom is 0.269 e. The number of ether oxygens (including phenoxy) is 2. The number of hydrogen-bond donors (Lipinski definition) is 0. The lowest BCUT2D eigenvalue weighted by atomic mass is 10.1. The molecule has 0 radical (unpaired) electrons. The minimum Gasteiger partial charge on any atom is -0.493 e. The molecule has 3 aromatic rings. The van der Waals surface area contributed by atoms with Crippen LogP contribution in [0.3, 0.4) is 0 Å². The van der Waals surface area contributed by atoms with Gasteiger partial charge in [-0.15, -0.1) is 0 Å². The van der Waals surface area contributed by atoms with E-state index in [0.29, 0.717) is 27.8 Å². The van der Waals surface area contributed by atoms with Crippen LogP contribution < -0.4 is 13.8 Å². The molecule has 8 nitrogen and oxygen atoms in total. The minimum atomic E-state index is -4.13. The first kappa shape index (κ1) is 23.4. The van der Waals surface area contributed by atoms with Crippen LogP contribution in [0.15, 0.2) is 71.6 Å². The molecule has 0 aromatic heterocycles. The smallest absolute Gasteiger partial charge is 0.269 e. The lowest BCUT2D eigenvalue weighted by Crippen LogP contribution is -2.33. The predicted octanol–water partition coefficient (Wildman–Crippen LogP) is 5.22. The molecule has 0 unspecified atom stereocenters. The van der Waals surface area contributed by atoms with Crippen LogP contribution >= 0.6 is 11.6 Å². The van der Waals surface area contributed by atoms with E-state index in [2.05, 4.69) is 0 Å². The second kappa shape index (κ2) is 9.46. The summed E-state index contributed by atoms with van der Waals surface area (Å²) in [5.74, 6) is 0.798. The number of hydrogen-bond acceptors (Lipinski definition) is 6. The van der Waals surface area contributed by atoms with Crippen molar-refractivity contribution in [2.75, 3.05) is 18.5 Å². The van der Waals surface area contributed by atoms with Gasteiger partial charge in [0.05, 0.1) is 35.8 Å². The van der Waals surface area contributed by atoms with Crippen LogP contribution in [0.1, 0.15) is 18.5 Å². The molecule has 3 aromatic carbocycles. The van der Waals surface area contributed by atoms with Crippen molar-refractivity contribution in [2.45, 2.75) is 17.9 Å². The molecule has 3 rings (SSSR count). The number of non-ortho nitro benzene ring substituents is 1. The molecule has 0 amide bonds. The number of halogens is 1. The summed E-state index contributed by atoms with van der Waals surface area (Å²) in [5, 5.41) is 11.4. The summed E-state index contributed by atoms with van der Waals surface area (Å²) < 4.78 is 39.3. The van der Waals surface area contributed by atoms with E-state index >= 15 is 0 Å². The molecule has 0 aliphatic rings. The van der Waals surface area contributed by atoms with E-state index in [1.165, 1.54) is 30.7 Å². The Labute approximate surface area is 191 Å². The third kappa shape index (κ3) is 4.63. The second-order valence-corrected chi connectivity index (χ2v) is 9.07. The van der Waals surface area contributed by atoms with Crippen molar-refractivity contribution < 1.29 is 22.8 Å². The summed E-state index contributed by atoms with van der Waals surface area (Å²) >= 11 is 6.14. The zero-order chi connectivity index (χ0) is 23.5. The topological polar surface area (TPSA) is 99.0 Å². The van der Waals surface area contributed by atoms with Gasteiger partial charge in [0.25, 0.3) is 15.7 Å². The number of anilines is 1. The molecule has 0 N–H and O–H groups in total. The number of nitrogens with zero attached hydrogens (tertiary/aromatic N) is 2. The average molecular weight is 477 g/mol. The first-order chi connectivity index (χ1) is 15.2. The first-order valence-electron chi connectivity index (χ1n) is 9.45. The SMILES string of the molecule is COc1ccc(N([C@@H](C)c2cccc(Cl)c2)S(=O)(=O)c2ccc([N+](=O)[O-])cc2)cc1OC. The molecular weight excluding hydrogens is 456 g/mol. The Morgan fingerprint density at radius 2 is 1.62 bits per heavy atom. The van der Waals surface area contributed by atoms with Gasteiger partial charge in [-0.2, -0.15) is 0 Å². The maximum absolute atomic E-state index is 13.7. The van der Waals surface area contributed by atoms with E-state index in [1.54, 1.807) is 49.4 Å². The summed E-state index contributed by atoms with van der Waals surface area (Å²) in [7, 11) is -1.19. The highest BCUT2D eigenvalue weighted by molar-refractivity contribution is 7.92. The van der Waals surface area contributed by atoms with Gasteiger partial charge in [0, 0.05) is 23.2 Å². The Hall–Kier alpha value is -3.30. The standard InChI is InChI=1S/C22H21ClN2O6S/c1-15(16-5-4-6-17(23)13-16)24(19-9-12-21(30-2)22(14-19)31-3)32(28,29)20-10-7-18(8-11-20)25(26)27/h4-15H,1-3H3/t15-/m0/s1. The summed E-state index contributed by atoms with van der Waals surface area (Å²) in [5.41, 5.74) is 0.788. The number of benzene rings is 3. The third-order valence-corrected chi connectivity index (χ3v) is 7.06. The minimum absolute atomic E-state index is 0.0910. The largest absolute Gasteiger partial charge is 0.493 e. The van der Waals surface area contributed by atoms with E-state index in [9.17, 15) is 18.5 Å². The summed E-state index contributed by atoms with van der Waals surface area (Å²) in [6.45, 7) is 1.73. The Balaban J connectivity index is 2.18. The van der Waals surface area contributed by atoms with Gasteiger partial charge in [-0.1, -0.05) is 23.7 Å². The number of sulfonamides is 1. The van der Waals surface area contributed by atoms with Crippen LogP contribution in [0.2, 0.25) is 5.02 Å². The van der Waals surface area contributed by atoms with Crippen molar-refractivity contribution in [3.8, 4) is 11.5 Å². The zero-order valence-corrected chi connectivity index (χ0v) is 19.1. The Bertz CT molecular complexity index is 1230. The van der Waals surface area contributed by atoms with Crippen molar-refractivity contribution >= 4 is 33.0 Å². The Morgan fingerprint density at radius 1 is 0.969 bits per heavy atom. The molecule has 168 valence electrons. The molecule has 0 saturated carbocycles. The Morgan fingerprint density at radius 3 is 2.19 bits per heavy atom. The number of rotatable bonds is 8. The van der Waals surface area contributed by atoms with Gasteiger partial charge in [0.1, 0.15) is 0 Å².